The maximum Gasteiger partial charge on any atom is 0.219 e. The minimum atomic E-state index is 0.145. The largest absolute Gasteiger partial charge is 0.379 e. The molecule has 0 aromatic carbocycles. The molecule has 19 heavy (non-hydrogen) atoms. The van der Waals surface area contributed by atoms with Gasteiger partial charge in [0.25, 0.3) is 0 Å². The van der Waals surface area contributed by atoms with Crippen molar-refractivity contribution in [3.63, 3.8) is 0 Å². The fraction of sp³-hybridized carbons (Fsp3) is 0.933. The predicted molar refractivity (Wildman–Crippen MR) is 78.3 cm³/mol. The van der Waals surface area contributed by atoms with Gasteiger partial charge < -0.3 is 14.8 Å². The van der Waals surface area contributed by atoms with Crippen molar-refractivity contribution in [1.29, 1.82) is 0 Å². The normalized spacial score (nSPS) is 10.6. The highest BCUT2D eigenvalue weighted by Crippen LogP contribution is 1.99. The molecule has 1 amide bonds. The molecule has 0 unspecified atom stereocenters. The third kappa shape index (κ3) is 15.3. The Morgan fingerprint density at radius 2 is 1.47 bits per heavy atom. The van der Waals surface area contributed by atoms with E-state index in [4.69, 9.17) is 9.47 Å². The van der Waals surface area contributed by atoms with E-state index in [1.165, 1.54) is 12.8 Å². The van der Waals surface area contributed by atoms with E-state index in [0.717, 1.165) is 45.4 Å². The lowest BCUT2D eigenvalue weighted by atomic mass is 10.2. The molecule has 0 heterocycles. The lowest BCUT2D eigenvalue weighted by molar-refractivity contribution is -0.120. The second-order valence-electron chi connectivity index (χ2n) is 4.70. The first kappa shape index (κ1) is 18.4. The highest BCUT2D eigenvalue weighted by Gasteiger charge is 1.95. The Labute approximate surface area is 118 Å². The van der Waals surface area contributed by atoms with Gasteiger partial charge in [-0.25, -0.2) is 0 Å². The molecule has 0 saturated heterocycles. The summed E-state index contributed by atoms with van der Waals surface area (Å²) in [4.78, 5) is 11.0. The van der Waals surface area contributed by atoms with Gasteiger partial charge in [0.15, 0.2) is 0 Å². The molecular formula is C15H31NO3. The van der Waals surface area contributed by atoms with Crippen LogP contribution in [0.25, 0.3) is 0 Å². The van der Waals surface area contributed by atoms with E-state index >= 15 is 0 Å². The summed E-state index contributed by atoms with van der Waals surface area (Å²) < 4.78 is 10.9. The van der Waals surface area contributed by atoms with Crippen molar-refractivity contribution in [2.45, 2.75) is 58.8 Å². The molecule has 0 saturated carbocycles. The molecule has 0 rings (SSSR count). The van der Waals surface area contributed by atoms with Gasteiger partial charge in [-0.1, -0.05) is 33.1 Å². The van der Waals surface area contributed by atoms with Crippen LogP contribution in [0.15, 0.2) is 0 Å². The van der Waals surface area contributed by atoms with Crippen LogP contribution in [-0.2, 0) is 14.3 Å². The van der Waals surface area contributed by atoms with Crippen LogP contribution in [0.5, 0.6) is 0 Å². The minimum absolute atomic E-state index is 0.145. The van der Waals surface area contributed by atoms with Crippen LogP contribution in [0.3, 0.4) is 0 Å². The molecule has 0 aliphatic carbocycles. The Morgan fingerprint density at radius 3 is 2.11 bits per heavy atom. The van der Waals surface area contributed by atoms with Crippen LogP contribution in [0.4, 0.5) is 0 Å². The van der Waals surface area contributed by atoms with Gasteiger partial charge in [-0.2, -0.15) is 0 Å². The van der Waals surface area contributed by atoms with Crippen molar-refractivity contribution in [3.05, 3.63) is 0 Å². The van der Waals surface area contributed by atoms with Crippen molar-refractivity contribution >= 4 is 5.91 Å². The summed E-state index contributed by atoms with van der Waals surface area (Å²) in [6, 6.07) is 0. The third-order valence-electron chi connectivity index (χ3n) is 2.87. The second-order valence-corrected chi connectivity index (χ2v) is 4.70. The van der Waals surface area contributed by atoms with E-state index < -0.39 is 0 Å². The Balaban J connectivity index is 2.97. The number of hydrogen-bond acceptors (Lipinski definition) is 3. The molecule has 0 atom stereocenters. The van der Waals surface area contributed by atoms with Gasteiger partial charge in [0.2, 0.25) is 5.91 Å². The molecule has 0 radical (unpaired) electrons. The van der Waals surface area contributed by atoms with E-state index in [1.807, 2.05) is 6.92 Å². The fourth-order valence-electron chi connectivity index (χ4n) is 1.60. The predicted octanol–water partition coefficient (Wildman–Crippen LogP) is 2.91. The monoisotopic (exact) mass is 273 g/mol. The molecule has 0 aromatic rings. The quantitative estimate of drug-likeness (QED) is 0.495. The van der Waals surface area contributed by atoms with E-state index in [1.54, 1.807) is 0 Å². The molecule has 114 valence electrons. The highest BCUT2D eigenvalue weighted by molar-refractivity contribution is 5.75. The molecule has 0 fully saturated rings. The van der Waals surface area contributed by atoms with Crippen molar-refractivity contribution in [3.8, 4) is 0 Å². The SMILES string of the molecule is CCCCOCCOCCCCCCNC(=O)CC. The van der Waals surface area contributed by atoms with Gasteiger partial charge in [-0.15, -0.1) is 0 Å². The molecule has 0 spiro atoms. The number of ether oxygens (including phenoxy) is 2. The second kappa shape index (κ2) is 15.4. The van der Waals surface area contributed by atoms with E-state index in [9.17, 15) is 4.79 Å². The third-order valence-corrected chi connectivity index (χ3v) is 2.87. The highest BCUT2D eigenvalue weighted by atomic mass is 16.5. The number of carbonyl (C=O) groups excluding carboxylic acids is 1. The van der Waals surface area contributed by atoms with E-state index in [0.29, 0.717) is 19.6 Å². The lowest BCUT2D eigenvalue weighted by Gasteiger charge is -2.06. The zero-order chi connectivity index (χ0) is 14.2. The Bertz CT molecular complexity index is 198. The molecule has 0 aromatic heterocycles. The average Bonchev–Trinajstić information content (AvgIpc) is 2.43. The van der Waals surface area contributed by atoms with Gasteiger partial charge >= 0.3 is 0 Å². The summed E-state index contributed by atoms with van der Waals surface area (Å²) in [6.07, 6.45) is 7.36. The molecule has 0 bridgehead atoms. The Morgan fingerprint density at radius 1 is 0.842 bits per heavy atom. The number of carbonyl (C=O) groups is 1. The summed E-state index contributed by atoms with van der Waals surface area (Å²) in [5.74, 6) is 0.145. The van der Waals surface area contributed by atoms with Crippen LogP contribution in [0.1, 0.15) is 58.8 Å². The maximum atomic E-state index is 11.0. The summed E-state index contributed by atoms with van der Waals surface area (Å²) in [5, 5.41) is 2.88. The number of hydrogen-bond donors (Lipinski definition) is 1. The first-order chi connectivity index (χ1) is 9.31. The van der Waals surface area contributed by atoms with Crippen LogP contribution in [-0.4, -0.2) is 38.9 Å². The first-order valence-electron chi connectivity index (χ1n) is 7.73. The van der Waals surface area contributed by atoms with E-state index in [-0.39, 0.29) is 5.91 Å². The average molecular weight is 273 g/mol. The smallest absolute Gasteiger partial charge is 0.219 e. The van der Waals surface area contributed by atoms with Crippen molar-refractivity contribution < 1.29 is 14.3 Å². The Hall–Kier alpha value is -0.610. The summed E-state index contributed by atoms with van der Waals surface area (Å²) >= 11 is 0. The summed E-state index contributed by atoms with van der Waals surface area (Å²) in [6.45, 7) is 7.92. The molecule has 4 heteroatoms. The number of amides is 1. The van der Waals surface area contributed by atoms with Crippen LogP contribution >= 0.6 is 0 Å². The topological polar surface area (TPSA) is 47.6 Å². The van der Waals surface area contributed by atoms with Crippen LogP contribution in [0, 0.1) is 0 Å². The number of nitrogens with one attached hydrogen (secondary N) is 1. The molecular weight excluding hydrogens is 242 g/mol. The van der Waals surface area contributed by atoms with Crippen molar-refractivity contribution in [1.82, 2.24) is 5.32 Å². The number of rotatable bonds is 14. The molecule has 4 nitrogen and oxygen atoms in total. The standard InChI is InChI=1S/C15H31NO3/c1-3-5-11-18-13-14-19-12-9-7-6-8-10-16-15(17)4-2/h3-14H2,1-2H3,(H,16,17). The Kier molecular flexibility index (Phi) is 15.0. The first-order valence-corrected chi connectivity index (χ1v) is 7.73. The van der Waals surface area contributed by atoms with Gasteiger partial charge in [-0.05, 0) is 19.3 Å². The maximum absolute atomic E-state index is 11.0. The number of unbranched alkanes of at least 4 members (excludes halogenated alkanes) is 4. The van der Waals surface area contributed by atoms with Crippen LogP contribution < -0.4 is 5.32 Å². The molecule has 0 aliphatic rings. The summed E-state index contributed by atoms with van der Waals surface area (Å²) in [7, 11) is 0. The summed E-state index contributed by atoms with van der Waals surface area (Å²) in [5.41, 5.74) is 0. The lowest BCUT2D eigenvalue weighted by Crippen LogP contribution is -2.23. The van der Waals surface area contributed by atoms with Crippen molar-refractivity contribution in [2.75, 3.05) is 33.0 Å². The van der Waals surface area contributed by atoms with E-state index in [2.05, 4.69) is 12.2 Å². The van der Waals surface area contributed by atoms with Crippen molar-refractivity contribution in [2.24, 2.45) is 0 Å². The zero-order valence-corrected chi connectivity index (χ0v) is 12.7. The molecule has 0 aliphatic heterocycles. The van der Waals surface area contributed by atoms with Gasteiger partial charge in [-0.3, -0.25) is 4.79 Å². The van der Waals surface area contributed by atoms with Gasteiger partial charge in [0, 0.05) is 26.2 Å². The van der Waals surface area contributed by atoms with Gasteiger partial charge in [0.05, 0.1) is 13.2 Å². The minimum Gasteiger partial charge on any atom is -0.379 e. The van der Waals surface area contributed by atoms with Gasteiger partial charge in [0.1, 0.15) is 0 Å². The van der Waals surface area contributed by atoms with Crippen LogP contribution in [0.2, 0.25) is 0 Å². The fourth-order valence-corrected chi connectivity index (χ4v) is 1.60. The zero-order valence-electron chi connectivity index (χ0n) is 12.7. The molecule has 1 N–H and O–H groups in total.